The van der Waals surface area contributed by atoms with Crippen LogP contribution in [0.4, 0.5) is 5.69 Å². The highest BCUT2D eigenvalue weighted by Gasteiger charge is 2.46. The van der Waals surface area contributed by atoms with Crippen LogP contribution in [-0.4, -0.2) is 11.9 Å². The van der Waals surface area contributed by atoms with Gasteiger partial charge in [-0.3, -0.25) is 4.79 Å². The summed E-state index contributed by atoms with van der Waals surface area (Å²) in [6.45, 7) is 2.02. The Morgan fingerprint density at radius 2 is 1.65 bits per heavy atom. The van der Waals surface area contributed by atoms with Crippen LogP contribution < -0.4 is 10.6 Å². The molecular weight excluding hydrogens is 272 g/mol. The zero-order valence-electron chi connectivity index (χ0n) is 11.1. The molecule has 2 aromatic carbocycles. The number of anilines is 1. The SMILES string of the molecule is Cc1ccc(N2C(=O)[C@@H](N)[C@H]2c2ccc(Cl)cc2)cc1. The number of nitrogens with two attached hydrogens (primary N) is 1. The first-order chi connectivity index (χ1) is 9.58. The molecule has 20 heavy (non-hydrogen) atoms. The maximum atomic E-state index is 12.1. The van der Waals surface area contributed by atoms with Gasteiger partial charge in [-0.15, -0.1) is 0 Å². The number of halogens is 1. The molecule has 3 nitrogen and oxygen atoms in total. The Kier molecular flexibility index (Phi) is 3.24. The van der Waals surface area contributed by atoms with Gasteiger partial charge in [0.25, 0.3) is 0 Å². The normalized spacial score (nSPS) is 21.8. The number of aryl methyl sites for hydroxylation is 1. The van der Waals surface area contributed by atoms with E-state index in [2.05, 4.69) is 0 Å². The van der Waals surface area contributed by atoms with Gasteiger partial charge in [-0.1, -0.05) is 41.4 Å². The van der Waals surface area contributed by atoms with Crippen molar-refractivity contribution >= 4 is 23.2 Å². The Hall–Kier alpha value is -1.84. The van der Waals surface area contributed by atoms with Crippen LogP contribution in [0, 0.1) is 6.92 Å². The molecular formula is C16H15ClN2O. The number of nitrogens with zero attached hydrogens (tertiary/aromatic N) is 1. The summed E-state index contributed by atoms with van der Waals surface area (Å²) in [6.07, 6.45) is 0. The van der Waals surface area contributed by atoms with Gasteiger partial charge in [0.2, 0.25) is 5.91 Å². The number of benzene rings is 2. The first-order valence-electron chi connectivity index (χ1n) is 6.49. The molecule has 0 saturated carbocycles. The van der Waals surface area contributed by atoms with Gasteiger partial charge >= 0.3 is 0 Å². The number of rotatable bonds is 2. The van der Waals surface area contributed by atoms with Crippen LogP contribution in [0.2, 0.25) is 5.02 Å². The van der Waals surface area contributed by atoms with Crippen molar-refractivity contribution in [3.05, 3.63) is 64.7 Å². The number of amides is 1. The summed E-state index contributed by atoms with van der Waals surface area (Å²) in [4.78, 5) is 13.8. The average molecular weight is 287 g/mol. The Balaban J connectivity index is 1.95. The number of carbonyl (C=O) groups is 1. The van der Waals surface area contributed by atoms with Crippen LogP contribution in [-0.2, 0) is 4.79 Å². The molecule has 1 heterocycles. The van der Waals surface area contributed by atoms with E-state index in [1.807, 2.05) is 55.5 Å². The highest BCUT2D eigenvalue weighted by molar-refractivity contribution is 6.30. The number of β-lactam (4-membered cyclic amide) rings is 1. The monoisotopic (exact) mass is 286 g/mol. The molecule has 1 aliphatic rings. The highest BCUT2D eigenvalue weighted by Crippen LogP contribution is 2.38. The third-order valence-electron chi connectivity index (χ3n) is 3.66. The lowest BCUT2D eigenvalue weighted by Gasteiger charge is -2.45. The molecule has 102 valence electrons. The van der Waals surface area contributed by atoms with Gasteiger partial charge in [-0.05, 0) is 36.8 Å². The predicted octanol–water partition coefficient (Wildman–Crippen LogP) is 3.06. The second kappa shape index (κ2) is 4.93. The Bertz CT molecular complexity index is 637. The van der Waals surface area contributed by atoms with E-state index in [0.29, 0.717) is 5.02 Å². The molecule has 0 radical (unpaired) electrons. The molecule has 2 atom stereocenters. The quantitative estimate of drug-likeness (QED) is 0.863. The largest absolute Gasteiger partial charge is 0.318 e. The predicted molar refractivity (Wildman–Crippen MR) is 80.8 cm³/mol. The standard InChI is InChI=1S/C16H15ClN2O/c1-10-2-8-13(9-3-10)19-15(14(18)16(19)20)11-4-6-12(17)7-5-11/h2-9,14-15H,18H2,1H3/t14-,15+/m0/s1. The Morgan fingerprint density at radius 3 is 2.25 bits per heavy atom. The molecule has 2 aromatic rings. The molecule has 0 aromatic heterocycles. The van der Waals surface area contributed by atoms with E-state index in [1.165, 1.54) is 0 Å². The molecule has 0 aliphatic carbocycles. The van der Waals surface area contributed by atoms with Crippen molar-refractivity contribution in [3.63, 3.8) is 0 Å². The fourth-order valence-corrected chi connectivity index (χ4v) is 2.65. The Labute approximate surface area is 123 Å². The van der Waals surface area contributed by atoms with Gasteiger partial charge in [0.1, 0.15) is 6.04 Å². The van der Waals surface area contributed by atoms with Crippen LogP contribution in [0.1, 0.15) is 17.2 Å². The van der Waals surface area contributed by atoms with Gasteiger partial charge in [0.15, 0.2) is 0 Å². The van der Waals surface area contributed by atoms with Gasteiger partial charge in [0, 0.05) is 10.7 Å². The van der Waals surface area contributed by atoms with Crippen molar-refractivity contribution in [3.8, 4) is 0 Å². The maximum Gasteiger partial charge on any atom is 0.247 e. The second-order valence-electron chi connectivity index (χ2n) is 5.07. The molecule has 0 unspecified atom stereocenters. The van der Waals surface area contributed by atoms with Crippen molar-refractivity contribution in [1.29, 1.82) is 0 Å². The van der Waals surface area contributed by atoms with Crippen molar-refractivity contribution in [2.75, 3.05) is 4.90 Å². The van der Waals surface area contributed by atoms with Gasteiger partial charge < -0.3 is 10.6 Å². The average Bonchev–Trinajstić information content (AvgIpc) is 2.46. The summed E-state index contributed by atoms with van der Waals surface area (Å²) in [5, 5.41) is 0.676. The molecule has 3 rings (SSSR count). The van der Waals surface area contributed by atoms with E-state index < -0.39 is 6.04 Å². The zero-order chi connectivity index (χ0) is 14.3. The minimum Gasteiger partial charge on any atom is -0.318 e. The van der Waals surface area contributed by atoms with E-state index in [1.54, 1.807) is 4.90 Å². The molecule has 1 amide bonds. The van der Waals surface area contributed by atoms with Crippen molar-refractivity contribution < 1.29 is 4.79 Å². The summed E-state index contributed by atoms with van der Waals surface area (Å²) in [6, 6.07) is 14.7. The number of carbonyl (C=O) groups excluding carboxylic acids is 1. The fraction of sp³-hybridized carbons (Fsp3) is 0.188. The number of hydrogen-bond donors (Lipinski definition) is 1. The molecule has 4 heteroatoms. The van der Waals surface area contributed by atoms with E-state index in [9.17, 15) is 4.79 Å². The summed E-state index contributed by atoms with van der Waals surface area (Å²) < 4.78 is 0. The minimum absolute atomic E-state index is 0.0474. The van der Waals surface area contributed by atoms with Crippen LogP contribution in [0.25, 0.3) is 0 Å². The first kappa shape index (κ1) is 13.2. The maximum absolute atomic E-state index is 12.1. The van der Waals surface area contributed by atoms with Crippen LogP contribution in [0.5, 0.6) is 0 Å². The van der Waals surface area contributed by atoms with E-state index in [-0.39, 0.29) is 11.9 Å². The molecule has 0 bridgehead atoms. The summed E-state index contributed by atoms with van der Waals surface area (Å²) in [7, 11) is 0. The summed E-state index contributed by atoms with van der Waals surface area (Å²) in [5.41, 5.74) is 9.01. The first-order valence-corrected chi connectivity index (χ1v) is 6.86. The fourth-order valence-electron chi connectivity index (χ4n) is 2.52. The van der Waals surface area contributed by atoms with Crippen molar-refractivity contribution in [2.24, 2.45) is 5.73 Å². The van der Waals surface area contributed by atoms with E-state index >= 15 is 0 Å². The molecule has 2 N–H and O–H groups in total. The number of hydrogen-bond acceptors (Lipinski definition) is 2. The molecule has 0 spiro atoms. The van der Waals surface area contributed by atoms with Gasteiger partial charge in [-0.25, -0.2) is 0 Å². The van der Waals surface area contributed by atoms with Gasteiger partial charge in [-0.2, -0.15) is 0 Å². The lowest BCUT2D eigenvalue weighted by Crippen LogP contribution is -2.63. The topological polar surface area (TPSA) is 46.3 Å². The second-order valence-corrected chi connectivity index (χ2v) is 5.50. The smallest absolute Gasteiger partial charge is 0.247 e. The molecule has 1 aliphatic heterocycles. The zero-order valence-corrected chi connectivity index (χ0v) is 11.8. The molecule has 1 saturated heterocycles. The van der Waals surface area contributed by atoms with E-state index in [4.69, 9.17) is 17.3 Å². The lowest BCUT2D eigenvalue weighted by molar-refractivity contribution is -0.126. The molecule has 1 fully saturated rings. The highest BCUT2D eigenvalue weighted by atomic mass is 35.5. The van der Waals surface area contributed by atoms with Crippen LogP contribution in [0.3, 0.4) is 0 Å². The van der Waals surface area contributed by atoms with Crippen molar-refractivity contribution in [2.45, 2.75) is 19.0 Å². The lowest BCUT2D eigenvalue weighted by atomic mass is 9.88. The van der Waals surface area contributed by atoms with Gasteiger partial charge in [0.05, 0.1) is 6.04 Å². The third-order valence-corrected chi connectivity index (χ3v) is 3.92. The summed E-state index contributed by atoms with van der Waals surface area (Å²) >= 11 is 5.90. The summed E-state index contributed by atoms with van der Waals surface area (Å²) in [5.74, 6) is -0.0474. The minimum atomic E-state index is -0.488. The third kappa shape index (κ3) is 2.09. The van der Waals surface area contributed by atoms with Crippen molar-refractivity contribution in [1.82, 2.24) is 0 Å². The van der Waals surface area contributed by atoms with Crippen LogP contribution in [0.15, 0.2) is 48.5 Å². The van der Waals surface area contributed by atoms with Crippen LogP contribution >= 0.6 is 11.6 Å². The van der Waals surface area contributed by atoms with E-state index in [0.717, 1.165) is 16.8 Å². The Morgan fingerprint density at radius 1 is 1.05 bits per heavy atom.